The zero-order chi connectivity index (χ0) is 14.8. The van der Waals surface area contributed by atoms with Crippen molar-refractivity contribution in [2.45, 2.75) is 20.3 Å². The summed E-state index contributed by atoms with van der Waals surface area (Å²) >= 11 is 0. The zero-order valence-corrected chi connectivity index (χ0v) is 12.0. The third-order valence-electron chi connectivity index (χ3n) is 3.18. The highest BCUT2D eigenvalue weighted by Crippen LogP contribution is 2.28. The number of nitrogens with zero attached hydrogens (tertiary/aromatic N) is 3. The van der Waals surface area contributed by atoms with Crippen LogP contribution in [0.15, 0.2) is 36.4 Å². The van der Waals surface area contributed by atoms with Crippen molar-refractivity contribution in [3.05, 3.63) is 47.8 Å². The van der Waals surface area contributed by atoms with Crippen molar-refractivity contribution >= 4 is 16.9 Å². The van der Waals surface area contributed by atoms with E-state index in [0.29, 0.717) is 11.6 Å². The molecule has 0 atom stereocenters. The smallest absolute Gasteiger partial charge is 0.263 e. The molecule has 106 valence electrons. The first-order valence-corrected chi connectivity index (χ1v) is 6.84. The number of benzene rings is 1. The molecule has 0 bridgehead atoms. The van der Waals surface area contributed by atoms with Gasteiger partial charge < -0.3 is 10.5 Å². The number of ether oxygens (including phenoxy) is 1. The maximum Gasteiger partial charge on any atom is 0.263 e. The van der Waals surface area contributed by atoms with Crippen molar-refractivity contribution in [1.29, 1.82) is 0 Å². The van der Waals surface area contributed by atoms with E-state index in [4.69, 9.17) is 10.5 Å². The number of nitrogens with two attached hydrogens (primary N) is 1. The second-order valence-electron chi connectivity index (χ2n) is 4.76. The molecule has 2 N–H and O–H groups in total. The Balaban J connectivity index is 2.03. The Kier molecular flexibility index (Phi) is 3.39. The summed E-state index contributed by atoms with van der Waals surface area (Å²) in [7, 11) is 0. The van der Waals surface area contributed by atoms with Crippen LogP contribution in [0.25, 0.3) is 11.0 Å². The molecule has 2 aromatic heterocycles. The summed E-state index contributed by atoms with van der Waals surface area (Å²) in [6.07, 6.45) is 0.776. The number of hydrogen-bond donors (Lipinski definition) is 1. The highest BCUT2D eigenvalue weighted by molar-refractivity contribution is 5.76. The number of fused-ring (bicyclic) bond motifs is 1. The van der Waals surface area contributed by atoms with Crippen LogP contribution in [0.4, 0.5) is 5.82 Å². The number of pyridine rings is 1. The lowest BCUT2D eigenvalue weighted by Gasteiger charge is -2.11. The van der Waals surface area contributed by atoms with Gasteiger partial charge in [0.15, 0.2) is 11.6 Å². The molecule has 0 radical (unpaired) electrons. The lowest BCUT2D eigenvalue weighted by Crippen LogP contribution is -2.01. The van der Waals surface area contributed by atoms with E-state index in [0.717, 1.165) is 28.8 Å². The number of aromatic nitrogens is 3. The van der Waals surface area contributed by atoms with Gasteiger partial charge in [0.05, 0.1) is 16.7 Å². The van der Waals surface area contributed by atoms with E-state index in [1.165, 1.54) is 0 Å². The predicted octanol–water partition coefficient (Wildman–Crippen LogP) is 3.27. The molecule has 0 amide bonds. The van der Waals surface area contributed by atoms with E-state index in [1.54, 1.807) is 0 Å². The Labute approximate surface area is 122 Å². The average molecular weight is 280 g/mol. The second kappa shape index (κ2) is 5.36. The van der Waals surface area contributed by atoms with Crippen molar-refractivity contribution in [2.24, 2.45) is 0 Å². The third kappa shape index (κ3) is 2.63. The fourth-order valence-electron chi connectivity index (χ4n) is 2.12. The number of para-hydroxylation sites is 2. The Bertz CT molecular complexity index is 801. The van der Waals surface area contributed by atoms with Gasteiger partial charge in [0.25, 0.3) is 5.88 Å². The molecule has 0 spiro atoms. The Morgan fingerprint density at radius 3 is 2.43 bits per heavy atom. The Morgan fingerprint density at radius 1 is 1.00 bits per heavy atom. The summed E-state index contributed by atoms with van der Waals surface area (Å²) < 4.78 is 5.83. The second-order valence-corrected chi connectivity index (χ2v) is 4.76. The van der Waals surface area contributed by atoms with Gasteiger partial charge in [-0.15, -0.1) is 0 Å². The third-order valence-corrected chi connectivity index (χ3v) is 3.18. The van der Waals surface area contributed by atoms with E-state index in [-0.39, 0.29) is 5.82 Å². The molecule has 0 saturated heterocycles. The summed E-state index contributed by atoms with van der Waals surface area (Å²) in [5.74, 6) is 1.25. The summed E-state index contributed by atoms with van der Waals surface area (Å²) in [6.45, 7) is 3.98. The standard InChI is InChI=1S/C16H16N4O/c1-3-11-14(9-8-10(2)18-11)21-16-15(17)19-12-6-4-5-7-13(12)20-16/h4-9H,3H2,1-2H3,(H2,17,19). The molecule has 3 aromatic rings. The van der Waals surface area contributed by atoms with Crippen LogP contribution in [0.2, 0.25) is 0 Å². The molecule has 2 heterocycles. The molecule has 3 rings (SSSR count). The monoisotopic (exact) mass is 280 g/mol. The summed E-state index contributed by atoms with van der Waals surface area (Å²) in [5, 5.41) is 0. The largest absolute Gasteiger partial charge is 0.434 e. The highest BCUT2D eigenvalue weighted by Gasteiger charge is 2.11. The van der Waals surface area contributed by atoms with Crippen LogP contribution in [0.1, 0.15) is 18.3 Å². The van der Waals surface area contributed by atoms with E-state index < -0.39 is 0 Å². The SMILES string of the molecule is CCc1nc(C)ccc1Oc1nc2ccccc2nc1N. The van der Waals surface area contributed by atoms with Gasteiger partial charge in [-0.1, -0.05) is 19.1 Å². The number of hydrogen-bond acceptors (Lipinski definition) is 5. The van der Waals surface area contributed by atoms with Gasteiger partial charge in [-0.3, -0.25) is 4.98 Å². The maximum atomic E-state index is 5.94. The minimum atomic E-state index is 0.274. The molecule has 21 heavy (non-hydrogen) atoms. The number of nitrogen functional groups attached to an aromatic ring is 1. The molecule has 5 nitrogen and oxygen atoms in total. The first-order chi connectivity index (χ1) is 10.2. The minimum Gasteiger partial charge on any atom is -0.434 e. The van der Waals surface area contributed by atoms with Gasteiger partial charge in [-0.05, 0) is 37.6 Å². The van der Waals surface area contributed by atoms with Crippen LogP contribution in [0.5, 0.6) is 11.6 Å². The fraction of sp³-hybridized carbons (Fsp3) is 0.188. The summed E-state index contributed by atoms with van der Waals surface area (Å²) in [4.78, 5) is 13.2. The van der Waals surface area contributed by atoms with Gasteiger partial charge in [0.1, 0.15) is 0 Å². The highest BCUT2D eigenvalue weighted by atomic mass is 16.5. The van der Waals surface area contributed by atoms with Crippen LogP contribution >= 0.6 is 0 Å². The fourth-order valence-corrected chi connectivity index (χ4v) is 2.12. The van der Waals surface area contributed by atoms with Crippen LogP contribution in [-0.2, 0) is 6.42 Å². The predicted molar refractivity (Wildman–Crippen MR) is 82.4 cm³/mol. The first kappa shape index (κ1) is 13.3. The van der Waals surface area contributed by atoms with Gasteiger partial charge in [-0.25, -0.2) is 9.97 Å². The van der Waals surface area contributed by atoms with Gasteiger partial charge in [-0.2, -0.15) is 0 Å². The van der Waals surface area contributed by atoms with E-state index in [9.17, 15) is 0 Å². The molecule has 1 aromatic carbocycles. The molecule has 0 fully saturated rings. The van der Waals surface area contributed by atoms with E-state index in [1.807, 2.05) is 50.2 Å². The van der Waals surface area contributed by atoms with Crippen LogP contribution in [0.3, 0.4) is 0 Å². The molecule has 0 saturated carbocycles. The molecule has 0 aliphatic carbocycles. The maximum absolute atomic E-state index is 5.94. The number of aryl methyl sites for hydroxylation is 2. The average Bonchev–Trinajstić information content (AvgIpc) is 2.49. The molecule has 5 heteroatoms. The van der Waals surface area contributed by atoms with E-state index in [2.05, 4.69) is 15.0 Å². The van der Waals surface area contributed by atoms with E-state index >= 15 is 0 Å². The van der Waals surface area contributed by atoms with Gasteiger partial charge >= 0.3 is 0 Å². The number of rotatable bonds is 3. The molecule has 0 aliphatic heterocycles. The lowest BCUT2D eigenvalue weighted by atomic mass is 10.2. The Hall–Kier alpha value is -2.69. The summed E-state index contributed by atoms with van der Waals surface area (Å²) in [5.41, 5.74) is 9.27. The Morgan fingerprint density at radius 2 is 1.71 bits per heavy atom. The molecule has 0 aliphatic rings. The number of anilines is 1. The van der Waals surface area contributed by atoms with Crippen LogP contribution in [-0.4, -0.2) is 15.0 Å². The van der Waals surface area contributed by atoms with Crippen LogP contribution < -0.4 is 10.5 Å². The van der Waals surface area contributed by atoms with Crippen LogP contribution in [0, 0.1) is 6.92 Å². The molecular formula is C16H16N4O. The van der Waals surface area contributed by atoms with Gasteiger partial charge in [0.2, 0.25) is 0 Å². The molecular weight excluding hydrogens is 264 g/mol. The zero-order valence-electron chi connectivity index (χ0n) is 12.0. The van der Waals surface area contributed by atoms with Crippen molar-refractivity contribution in [3.63, 3.8) is 0 Å². The summed E-state index contributed by atoms with van der Waals surface area (Å²) in [6, 6.07) is 11.3. The topological polar surface area (TPSA) is 73.9 Å². The first-order valence-electron chi connectivity index (χ1n) is 6.84. The quantitative estimate of drug-likeness (QED) is 0.797. The van der Waals surface area contributed by atoms with Gasteiger partial charge in [0, 0.05) is 5.69 Å². The van der Waals surface area contributed by atoms with Crippen molar-refractivity contribution in [2.75, 3.05) is 5.73 Å². The lowest BCUT2D eigenvalue weighted by molar-refractivity contribution is 0.456. The van der Waals surface area contributed by atoms with Crippen molar-refractivity contribution < 1.29 is 4.74 Å². The molecule has 0 unspecified atom stereocenters. The van der Waals surface area contributed by atoms with Crippen molar-refractivity contribution in [3.8, 4) is 11.6 Å². The van der Waals surface area contributed by atoms with Crippen molar-refractivity contribution in [1.82, 2.24) is 15.0 Å². The minimum absolute atomic E-state index is 0.274. The normalized spacial score (nSPS) is 10.8.